The van der Waals surface area contributed by atoms with Crippen LogP contribution in [0, 0.1) is 20.8 Å². The van der Waals surface area contributed by atoms with Crippen LogP contribution in [0.2, 0.25) is 0 Å². The van der Waals surface area contributed by atoms with Gasteiger partial charge in [0.2, 0.25) is 0 Å². The molecule has 1 unspecified atom stereocenters. The lowest BCUT2D eigenvalue weighted by atomic mass is 10.1. The number of nitrogens with one attached hydrogen (secondary N) is 1. The Labute approximate surface area is 112 Å². The normalized spacial score (nSPS) is 12.5. The van der Waals surface area contributed by atoms with Gasteiger partial charge in [0.25, 0.3) is 0 Å². The smallest absolute Gasteiger partial charge is 0.125 e. The van der Waals surface area contributed by atoms with Gasteiger partial charge < -0.3 is 10.1 Å². The van der Waals surface area contributed by atoms with Crippen molar-refractivity contribution >= 4 is 0 Å². The molecule has 0 heterocycles. The van der Waals surface area contributed by atoms with Gasteiger partial charge in [-0.2, -0.15) is 0 Å². The Morgan fingerprint density at radius 1 is 1.11 bits per heavy atom. The van der Waals surface area contributed by atoms with E-state index in [0.717, 1.165) is 25.3 Å². The van der Waals surface area contributed by atoms with Crippen LogP contribution in [0.15, 0.2) is 12.1 Å². The van der Waals surface area contributed by atoms with Crippen molar-refractivity contribution in [3.05, 3.63) is 28.8 Å². The van der Waals surface area contributed by atoms with Crippen molar-refractivity contribution in [2.45, 2.75) is 53.5 Å². The molecule has 2 heteroatoms. The molecule has 0 spiro atoms. The third-order valence-electron chi connectivity index (χ3n) is 3.48. The highest BCUT2D eigenvalue weighted by Crippen LogP contribution is 2.25. The summed E-state index contributed by atoms with van der Waals surface area (Å²) in [6.07, 6.45) is 2.27. The number of rotatable bonds is 7. The fourth-order valence-corrected chi connectivity index (χ4v) is 2.00. The fourth-order valence-electron chi connectivity index (χ4n) is 2.00. The molecule has 0 aromatic heterocycles. The molecule has 1 aromatic rings. The highest BCUT2D eigenvalue weighted by Gasteiger charge is 2.10. The van der Waals surface area contributed by atoms with Gasteiger partial charge in [0.05, 0.1) is 0 Å². The molecule has 18 heavy (non-hydrogen) atoms. The Morgan fingerprint density at radius 3 is 2.39 bits per heavy atom. The molecule has 0 amide bonds. The monoisotopic (exact) mass is 249 g/mol. The molecule has 1 aromatic carbocycles. The average Bonchev–Trinajstić information content (AvgIpc) is 2.37. The molecule has 2 nitrogen and oxygen atoms in total. The molecule has 0 aliphatic heterocycles. The second kappa shape index (κ2) is 7.42. The summed E-state index contributed by atoms with van der Waals surface area (Å²) < 4.78 is 6.04. The maximum absolute atomic E-state index is 6.04. The molecule has 0 aliphatic rings. The van der Waals surface area contributed by atoms with Gasteiger partial charge >= 0.3 is 0 Å². The van der Waals surface area contributed by atoms with Gasteiger partial charge in [-0.15, -0.1) is 0 Å². The fraction of sp³-hybridized carbons (Fsp3) is 0.625. The first-order valence-corrected chi connectivity index (χ1v) is 7.03. The summed E-state index contributed by atoms with van der Waals surface area (Å²) in [5.41, 5.74) is 3.79. The molecular weight excluding hydrogens is 222 g/mol. The van der Waals surface area contributed by atoms with E-state index < -0.39 is 0 Å². The standard InChI is InChI=1S/C16H27NO/c1-6-10-17-15(7-2)11-18-16-13(4)9-8-12(3)14(16)5/h8-9,15,17H,6-7,10-11H2,1-5H3. The summed E-state index contributed by atoms with van der Waals surface area (Å²) in [6.45, 7) is 12.6. The van der Waals surface area contributed by atoms with E-state index in [1.165, 1.54) is 23.1 Å². The van der Waals surface area contributed by atoms with Gasteiger partial charge in [-0.05, 0) is 56.8 Å². The Kier molecular flexibility index (Phi) is 6.20. The minimum absolute atomic E-state index is 0.448. The number of hydrogen-bond acceptors (Lipinski definition) is 2. The molecule has 0 bridgehead atoms. The Hall–Kier alpha value is -1.02. The van der Waals surface area contributed by atoms with Gasteiger partial charge in [0.1, 0.15) is 12.4 Å². The lowest BCUT2D eigenvalue weighted by molar-refractivity contribution is 0.257. The molecule has 0 saturated heterocycles. The predicted octanol–water partition coefficient (Wildman–Crippen LogP) is 3.77. The van der Waals surface area contributed by atoms with Gasteiger partial charge in [0, 0.05) is 6.04 Å². The zero-order valence-electron chi connectivity index (χ0n) is 12.5. The summed E-state index contributed by atoms with van der Waals surface area (Å²) >= 11 is 0. The molecule has 0 fully saturated rings. The van der Waals surface area contributed by atoms with Crippen LogP contribution in [-0.4, -0.2) is 19.2 Å². The maximum Gasteiger partial charge on any atom is 0.125 e. The highest BCUT2D eigenvalue weighted by molar-refractivity contribution is 5.44. The first kappa shape index (κ1) is 15.0. The van der Waals surface area contributed by atoms with Gasteiger partial charge in [-0.25, -0.2) is 0 Å². The van der Waals surface area contributed by atoms with Crippen molar-refractivity contribution in [3.63, 3.8) is 0 Å². The van der Waals surface area contributed by atoms with E-state index >= 15 is 0 Å². The maximum atomic E-state index is 6.04. The SMILES string of the molecule is CCCNC(CC)COc1c(C)ccc(C)c1C. The zero-order valence-corrected chi connectivity index (χ0v) is 12.5. The van der Waals surface area contributed by atoms with Crippen LogP contribution in [0.3, 0.4) is 0 Å². The Bertz CT molecular complexity index is 374. The van der Waals surface area contributed by atoms with Crippen LogP contribution < -0.4 is 10.1 Å². The van der Waals surface area contributed by atoms with Gasteiger partial charge in [-0.1, -0.05) is 26.0 Å². The third-order valence-corrected chi connectivity index (χ3v) is 3.48. The molecule has 1 atom stereocenters. The molecule has 0 radical (unpaired) electrons. The van der Waals surface area contributed by atoms with Crippen molar-refractivity contribution < 1.29 is 4.74 Å². The topological polar surface area (TPSA) is 21.3 Å². The molecule has 0 saturated carbocycles. The summed E-state index contributed by atoms with van der Waals surface area (Å²) in [5.74, 6) is 1.06. The molecular formula is C16H27NO. The first-order valence-electron chi connectivity index (χ1n) is 7.03. The van der Waals surface area contributed by atoms with E-state index in [-0.39, 0.29) is 0 Å². The van der Waals surface area contributed by atoms with Crippen molar-refractivity contribution in [2.24, 2.45) is 0 Å². The van der Waals surface area contributed by atoms with Crippen molar-refractivity contribution in [2.75, 3.05) is 13.2 Å². The van der Waals surface area contributed by atoms with E-state index in [1.54, 1.807) is 0 Å². The van der Waals surface area contributed by atoms with Gasteiger partial charge in [-0.3, -0.25) is 0 Å². The van der Waals surface area contributed by atoms with Crippen LogP contribution in [0.25, 0.3) is 0 Å². The van der Waals surface area contributed by atoms with E-state index in [9.17, 15) is 0 Å². The first-order chi connectivity index (χ1) is 8.60. The van der Waals surface area contributed by atoms with Gasteiger partial charge in [0.15, 0.2) is 0 Å². The van der Waals surface area contributed by atoms with E-state index in [4.69, 9.17) is 4.74 Å². The van der Waals surface area contributed by atoms with E-state index in [1.807, 2.05) is 0 Å². The highest BCUT2D eigenvalue weighted by atomic mass is 16.5. The summed E-state index contributed by atoms with van der Waals surface area (Å²) in [5, 5.41) is 3.52. The Balaban J connectivity index is 2.64. The minimum atomic E-state index is 0.448. The van der Waals surface area contributed by atoms with E-state index in [0.29, 0.717) is 6.04 Å². The van der Waals surface area contributed by atoms with Crippen LogP contribution in [0.4, 0.5) is 0 Å². The molecule has 1 N–H and O–H groups in total. The molecule has 1 rings (SSSR count). The third kappa shape index (κ3) is 4.02. The molecule has 0 aliphatic carbocycles. The quantitative estimate of drug-likeness (QED) is 0.794. The van der Waals surface area contributed by atoms with Crippen LogP contribution >= 0.6 is 0 Å². The number of benzene rings is 1. The molecule has 102 valence electrons. The van der Waals surface area contributed by atoms with Crippen LogP contribution in [0.5, 0.6) is 5.75 Å². The predicted molar refractivity (Wildman–Crippen MR) is 78.5 cm³/mol. The minimum Gasteiger partial charge on any atom is -0.491 e. The largest absolute Gasteiger partial charge is 0.491 e. The Morgan fingerprint density at radius 2 is 1.78 bits per heavy atom. The summed E-state index contributed by atoms with van der Waals surface area (Å²) in [4.78, 5) is 0. The van der Waals surface area contributed by atoms with Crippen molar-refractivity contribution in [1.29, 1.82) is 0 Å². The summed E-state index contributed by atoms with van der Waals surface area (Å²) in [7, 11) is 0. The second-order valence-electron chi connectivity index (χ2n) is 5.02. The van der Waals surface area contributed by atoms with Crippen molar-refractivity contribution in [3.8, 4) is 5.75 Å². The average molecular weight is 249 g/mol. The second-order valence-corrected chi connectivity index (χ2v) is 5.02. The number of aryl methyl sites for hydroxylation is 2. The number of ether oxygens (including phenoxy) is 1. The van der Waals surface area contributed by atoms with Crippen LogP contribution in [0.1, 0.15) is 43.4 Å². The van der Waals surface area contributed by atoms with E-state index in [2.05, 4.69) is 52.1 Å². The van der Waals surface area contributed by atoms with Crippen LogP contribution in [-0.2, 0) is 0 Å². The summed E-state index contributed by atoms with van der Waals surface area (Å²) in [6, 6.07) is 4.74. The lowest BCUT2D eigenvalue weighted by Crippen LogP contribution is -2.34. The number of hydrogen-bond donors (Lipinski definition) is 1. The lowest BCUT2D eigenvalue weighted by Gasteiger charge is -2.20. The zero-order chi connectivity index (χ0) is 13.5. The van der Waals surface area contributed by atoms with Crippen molar-refractivity contribution in [1.82, 2.24) is 5.32 Å².